The van der Waals surface area contributed by atoms with Crippen LogP contribution in [0.1, 0.15) is 16.1 Å². The van der Waals surface area contributed by atoms with E-state index in [9.17, 15) is 9.18 Å². The minimum atomic E-state index is -0.477. The van der Waals surface area contributed by atoms with Crippen LogP contribution in [0.4, 0.5) is 15.2 Å². The zero-order valence-electron chi connectivity index (χ0n) is 17.3. The zero-order chi connectivity index (χ0) is 22.5. The van der Waals surface area contributed by atoms with E-state index in [0.29, 0.717) is 28.3 Å². The number of nitrogens with one attached hydrogen (secondary N) is 2. The van der Waals surface area contributed by atoms with Crippen molar-refractivity contribution in [2.24, 2.45) is 0 Å². The number of carbonyl (C=O) groups is 1. The predicted molar refractivity (Wildman–Crippen MR) is 120 cm³/mol. The molecule has 0 aliphatic carbocycles. The smallest absolute Gasteiger partial charge is 0.257 e. The average Bonchev–Trinajstić information content (AvgIpc) is 3.46. The van der Waals surface area contributed by atoms with E-state index in [0.717, 1.165) is 11.4 Å². The Morgan fingerprint density at radius 2 is 1.91 bits per heavy atom. The van der Waals surface area contributed by atoms with Crippen LogP contribution >= 0.6 is 11.3 Å². The summed E-state index contributed by atoms with van der Waals surface area (Å²) in [5, 5.41) is 15.1. The van der Waals surface area contributed by atoms with E-state index >= 15 is 0 Å². The Hall–Kier alpha value is -3.92. The van der Waals surface area contributed by atoms with Gasteiger partial charge in [-0.1, -0.05) is 17.4 Å². The number of amides is 1. The second-order valence-corrected chi connectivity index (χ2v) is 7.60. The topological polar surface area (TPSA) is 90.3 Å². The molecule has 4 aromatic rings. The summed E-state index contributed by atoms with van der Waals surface area (Å²) in [6.45, 7) is 0.521. The highest BCUT2D eigenvalue weighted by molar-refractivity contribution is 7.17. The molecule has 10 heteroatoms. The minimum absolute atomic E-state index is 0.211. The summed E-state index contributed by atoms with van der Waals surface area (Å²) < 4.78 is 25.8. The lowest BCUT2D eigenvalue weighted by molar-refractivity contribution is 0.102. The summed E-state index contributed by atoms with van der Waals surface area (Å²) in [7, 11) is 3.18. The van der Waals surface area contributed by atoms with Crippen molar-refractivity contribution in [1.29, 1.82) is 0 Å². The number of methoxy groups -OCH3 is 2. The summed E-state index contributed by atoms with van der Waals surface area (Å²) in [6.07, 6.45) is 1.87. The molecule has 4 rings (SSSR count). The SMILES string of the molecule is COc1ccc(NCc2cccn2-c2nnc(NC(=O)c3cccc(F)c3)s2)cc1OC. The molecule has 2 heterocycles. The maximum atomic E-state index is 13.3. The molecule has 0 saturated carbocycles. The summed E-state index contributed by atoms with van der Waals surface area (Å²) in [4.78, 5) is 12.3. The highest BCUT2D eigenvalue weighted by Gasteiger charge is 2.13. The molecule has 0 saturated heterocycles. The summed E-state index contributed by atoms with van der Waals surface area (Å²) in [5.74, 6) is 0.364. The van der Waals surface area contributed by atoms with Crippen molar-refractivity contribution < 1.29 is 18.7 Å². The van der Waals surface area contributed by atoms with Crippen molar-refractivity contribution in [1.82, 2.24) is 14.8 Å². The van der Waals surface area contributed by atoms with Gasteiger partial charge in [0.15, 0.2) is 11.5 Å². The van der Waals surface area contributed by atoms with Gasteiger partial charge in [-0.25, -0.2) is 4.39 Å². The number of nitrogens with zero attached hydrogens (tertiary/aromatic N) is 3. The fourth-order valence-corrected chi connectivity index (χ4v) is 3.80. The molecule has 2 N–H and O–H groups in total. The molecule has 0 aliphatic rings. The van der Waals surface area contributed by atoms with Crippen molar-refractivity contribution in [2.75, 3.05) is 24.9 Å². The van der Waals surface area contributed by atoms with Gasteiger partial charge in [0.05, 0.1) is 20.8 Å². The Balaban J connectivity index is 1.45. The van der Waals surface area contributed by atoms with Crippen LogP contribution in [0.25, 0.3) is 5.13 Å². The van der Waals surface area contributed by atoms with Crippen LogP contribution in [0.5, 0.6) is 11.5 Å². The molecule has 0 atom stereocenters. The van der Waals surface area contributed by atoms with Crippen LogP contribution in [-0.2, 0) is 6.54 Å². The van der Waals surface area contributed by atoms with Crippen LogP contribution in [0.2, 0.25) is 0 Å². The van der Waals surface area contributed by atoms with E-state index in [1.54, 1.807) is 14.2 Å². The van der Waals surface area contributed by atoms with Crippen molar-refractivity contribution in [3.05, 3.63) is 77.9 Å². The number of anilines is 2. The van der Waals surface area contributed by atoms with Crippen LogP contribution in [0.15, 0.2) is 60.8 Å². The monoisotopic (exact) mass is 453 g/mol. The van der Waals surface area contributed by atoms with Gasteiger partial charge in [0, 0.05) is 29.2 Å². The predicted octanol–water partition coefficient (Wildman–Crippen LogP) is 4.35. The number of hydrogen-bond donors (Lipinski definition) is 2. The molecule has 1 amide bonds. The van der Waals surface area contributed by atoms with Crippen LogP contribution < -0.4 is 20.1 Å². The van der Waals surface area contributed by atoms with E-state index in [4.69, 9.17) is 9.47 Å². The number of ether oxygens (including phenoxy) is 2. The fourth-order valence-electron chi connectivity index (χ4n) is 3.05. The Bertz CT molecular complexity index is 1240. The van der Waals surface area contributed by atoms with Gasteiger partial charge in [-0.2, -0.15) is 0 Å². The van der Waals surface area contributed by atoms with E-state index < -0.39 is 11.7 Å². The van der Waals surface area contributed by atoms with E-state index in [1.807, 2.05) is 41.1 Å². The van der Waals surface area contributed by atoms with Gasteiger partial charge in [0.1, 0.15) is 5.82 Å². The lowest BCUT2D eigenvalue weighted by Crippen LogP contribution is -2.11. The first-order valence-electron chi connectivity index (χ1n) is 9.60. The number of rotatable bonds is 8. The Morgan fingerprint density at radius 1 is 1.06 bits per heavy atom. The number of hydrogen-bond acceptors (Lipinski definition) is 7. The lowest BCUT2D eigenvalue weighted by Gasteiger charge is -2.12. The molecule has 2 aromatic carbocycles. The van der Waals surface area contributed by atoms with Gasteiger partial charge in [-0.15, -0.1) is 10.2 Å². The average molecular weight is 453 g/mol. The summed E-state index contributed by atoms with van der Waals surface area (Å²) in [5.41, 5.74) is 2.03. The third kappa shape index (κ3) is 4.70. The van der Waals surface area contributed by atoms with Gasteiger partial charge >= 0.3 is 0 Å². The Kier molecular flexibility index (Phi) is 6.31. The maximum Gasteiger partial charge on any atom is 0.257 e. The third-order valence-corrected chi connectivity index (χ3v) is 5.46. The molecule has 0 bridgehead atoms. The molecule has 8 nitrogen and oxygen atoms in total. The molecule has 0 fully saturated rings. The molecule has 2 aromatic heterocycles. The maximum absolute atomic E-state index is 13.3. The quantitative estimate of drug-likeness (QED) is 0.412. The standard InChI is InChI=1S/C22H20FN5O3S/c1-30-18-9-8-16(12-19(18)31-2)24-13-17-7-4-10-28(17)22-27-26-21(32-22)25-20(29)14-5-3-6-15(23)11-14/h3-12,24H,13H2,1-2H3,(H,25,26,29). The third-order valence-electron chi connectivity index (χ3n) is 4.62. The molecular formula is C22H20FN5O3S. The van der Waals surface area contributed by atoms with Gasteiger partial charge in [0.25, 0.3) is 5.91 Å². The van der Waals surface area contributed by atoms with Crippen molar-refractivity contribution >= 4 is 28.1 Å². The van der Waals surface area contributed by atoms with Crippen molar-refractivity contribution in [2.45, 2.75) is 6.54 Å². The summed E-state index contributed by atoms with van der Waals surface area (Å²) in [6, 6.07) is 14.9. The fraction of sp³-hybridized carbons (Fsp3) is 0.136. The highest BCUT2D eigenvalue weighted by Crippen LogP contribution is 2.30. The van der Waals surface area contributed by atoms with Crippen LogP contribution in [-0.4, -0.2) is 34.9 Å². The van der Waals surface area contributed by atoms with E-state index in [2.05, 4.69) is 20.8 Å². The molecule has 0 unspecified atom stereocenters. The molecule has 0 spiro atoms. The molecule has 32 heavy (non-hydrogen) atoms. The number of aromatic nitrogens is 3. The summed E-state index contributed by atoms with van der Waals surface area (Å²) >= 11 is 1.22. The molecule has 164 valence electrons. The number of halogens is 1. The first-order chi connectivity index (χ1) is 15.6. The number of benzene rings is 2. The van der Waals surface area contributed by atoms with Crippen molar-refractivity contribution in [3.63, 3.8) is 0 Å². The normalized spacial score (nSPS) is 10.6. The molecular weight excluding hydrogens is 433 g/mol. The van der Waals surface area contributed by atoms with Gasteiger partial charge in [0.2, 0.25) is 10.3 Å². The Labute approximate surface area is 187 Å². The van der Waals surface area contributed by atoms with Gasteiger partial charge in [-0.3, -0.25) is 14.7 Å². The Morgan fingerprint density at radius 3 is 2.69 bits per heavy atom. The lowest BCUT2D eigenvalue weighted by atomic mass is 10.2. The zero-order valence-corrected chi connectivity index (χ0v) is 18.1. The van der Waals surface area contributed by atoms with Crippen LogP contribution in [0, 0.1) is 5.82 Å². The second-order valence-electron chi connectivity index (χ2n) is 6.65. The number of carbonyl (C=O) groups excluding carboxylic acids is 1. The minimum Gasteiger partial charge on any atom is -0.493 e. The van der Waals surface area contributed by atoms with E-state index in [1.165, 1.54) is 35.6 Å². The van der Waals surface area contributed by atoms with Gasteiger partial charge in [-0.05, 0) is 42.5 Å². The first-order valence-corrected chi connectivity index (χ1v) is 10.4. The first kappa shape index (κ1) is 21.3. The molecule has 0 aliphatic heterocycles. The van der Waals surface area contributed by atoms with E-state index in [-0.39, 0.29) is 5.56 Å². The highest BCUT2D eigenvalue weighted by atomic mass is 32.1. The van der Waals surface area contributed by atoms with Crippen molar-refractivity contribution in [3.8, 4) is 16.6 Å². The van der Waals surface area contributed by atoms with Gasteiger partial charge < -0.3 is 14.8 Å². The largest absolute Gasteiger partial charge is 0.493 e. The second kappa shape index (κ2) is 9.48. The molecule has 0 radical (unpaired) electrons. The van der Waals surface area contributed by atoms with Crippen LogP contribution in [0.3, 0.4) is 0 Å².